The number of aromatic amines is 1. The third-order valence-corrected chi connectivity index (χ3v) is 4.56. The molecule has 1 aliphatic rings. The van der Waals surface area contributed by atoms with E-state index in [-0.39, 0.29) is 11.1 Å². The SMILES string of the molecule is Cc1nc(NCC2(CN)CCCCC2)cc2n[nH]c(=O)n12. The number of fused-ring (bicyclic) bond motifs is 1. The average molecular weight is 290 g/mol. The van der Waals surface area contributed by atoms with E-state index in [0.29, 0.717) is 18.0 Å². The molecule has 21 heavy (non-hydrogen) atoms. The van der Waals surface area contributed by atoms with Crippen molar-refractivity contribution in [2.24, 2.45) is 11.1 Å². The Balaban J connectivity index is 1.80. The summed E-state index contributed by atoms with van der Waals surface area (Å²) >= 11 is 0. The van der Waals surface area contributed by atoms with Crippen LogP contribution >= 0.6 is 0 Å². The molecular weight excluding hydrogens is 268 g/mol. The summed E-state index contributed by atoms with van der Waals surface area (Å²) < 4.78 is 1.46. The van der Waals surface area contributed by atoms with Crippen LogP contribution in [0.2, 0.25) is 0 Å². The second kappa shape index (κ2) is 5.48. The highest BCUT2D eigenvalue weighted by molar-refractivity contribution is 5.49. The molecule has 0 spiro atoms. The molecule has 2 heterocycles. The van der Waals surface area contributed by atoms with E-state index >= 15 is 0 Å². The number of hydrogen-bond donors (Lipinski definition) is 3. The molecule has 4 N–H and O–H groups in total. The maximum atomic E-state index is 11.6. The first-order valence-electron chi connectivity index (χ1n) is 7.52. The molecule has 0 amide bonds. The third-order valence-electron chi connectivity index (χ3n) is 4.56. The quantitative estimate of drug-likeness (QED) is 0.781. The second-order valence-electron chi connectivity index (χ2n) is 6.03. The number of nitrogens with one attached hydrogen (secondary N) is 2. The van der Waals surface area contributed by atoms with Crippen molar-refractivity contribution in [1.29, 1.82) is 0 Å². The number of nitrogens with two attached hydrogens (primary N) is 1. The molecule has 2 aromatic rings. The highest BCUT2D eigenvalue weighted by atomic mass is 16.1. The number of nitrogens with zero attached hydrogens (tertiary/aromatic N) is 3. The first kappa shape index (κ1) is 14.1. The molecular formula is C14H22N6O. The molecule has 0 bridgehead atoms. The van der Waals surface area contributed by atoms with Gasteiger partial charge in [0.15, 0.2) is 5.65 Å². The molecule has 114 valence electrons. The summed E-state index contributed by atoms with van der Waals surface area (Å²) in [6, 6.07) is 1.79. The van der Waals surface area contributed by atoms with Gasteiger partial charge in [0.25, 0.3) is 0 Å². The van der Waals surface area contributed by atoms with Crippen molar-refractivity contribution in [2.75, 3.05) is 18.4 Å². The van der Waals surface area contributed by atoms with Crippen molar-refractivity contribution in [3.8, 4) is 0 Å². The number of hydrogen-bond acceptors (Lipinski definition) is 5. The first-order chi connectivity index (χ1) is 10.1. The highest BCUT2D eigenvalue weighted by Gasteiger charge is 2.30. The summed E-state index contributed by atoms with van der Waals surface area (Å²) in [5.41, 5.74) is 6.50. The fourth-order valence-electron chi connectivity index (χ4n) is 3.22. The number of aryl methyl sites for hydroxylation is 1. The Morgan fingerprint density at radius 3 is 2.90 bits per heavy atom. The average Bonchev–Trinajstić information content (AvgIpc) is 2.88. The van der Waals surface area contributed by atoms with E-state index in [2.05, 4.69) is 20.5 Å². The number of rotatable bonds is 4. The van der Waals surface area contributed by atoms with Crippen molar-refractivity contribution in [2.45, 2.75) is 39.0 Å². The van der Waals surface area contributed by atoms with Gasteiger partial charge in [-0.05, 0) is 31.7 Å². The lowest BCUT2D eigenvalue weighted by Gasteiger charge is -2.36. The molecule has 3 rings (SSSR count). The van der Waals surface area contributed by atoms with E-state index in [4.69, 9.17) is 5.73 Å². The number of aromatic nitrogens is 4. The molecule has 0 aliphatic heterocycles. The maximum Gasteiger partial charge on any atom is 0.349 e. The van der Waals surface area contributed by atoms with Crippen molar-refractivity contribution in [3.63, 3.8) is 0 Å². The predicted molar refractivity (Wildman–Crippen MR) is 81.4 cm³/mol. The lowest BCUT2D eigenvalue weighted by molar-refractivity contribution is 0.215. The van der Waals surface area contributed by atoms with Gasteiger partial charge in [-0.15, -0.1) is 0 Å². The van der Waals surface area contributed by atoms with Crippen LogP contribution < -0.4 is 16.7 Å². The van der Waals surface area contributed by atoms with E-state index in [0.717, 1.165) is 12.4 Å². The molecule has 0 aromatic carbocycles. The fraction of sp³-hybridized carbons (Fsp3) is 0.643. The Hall–Kier alpha value is -1.89. The van der Waals surface area contributed by atoms with Gasteiger partial charge in [0, 0.05) is 12.6 Å². The summed E-state index contributed by atoms with van der Waals surface area (Å²) in [5, 5.41) is 9.82. The lowest BCUT2D eigenvalue weighted by atomic mass is 9.74. The van der Waals surface area contributed by atoms with Crippen molar-refractivity contribution in [1.82, 2.24) is 19.6 Å². The molecule has 2 aromatic heterocycles. The largest absolute Gasteiger partial charge is 0.369 e. The van der Waals surface area contributed by atoms with Gasteiger partial charge >= 0.3 is 5.69 Å². The summed E-state index contributed by atoms with van der Waals surface area (Å²) in [6.07, 6.45) is 6.14. The van der Waals surface area contributed by atoms with Gasteiger partial charge < -0.3 is 11.1 Å². The molecule has 1 aliphatic carbocycles. The minimum absolute atomic E-state index is 0.172. The zero-order valence-electron chi connectivity index (χ0n) is 12.4. The lowest BCUT2D eigenvalue weighted by Crippen LogP contribution is -2.39. The molecule has 1 fully saturated rings. The van der Waals surface area contributed by atoms with Gasteiger partial charge in [-0.2, -0.15) is 5.10 Å². The standard InChI is InChI=1S/C14H22N6O/c1-10-17-11(7-12-18-19-13(21)20(10)12)16-9-14(8-15)5-3-2-4-6-14/h7,16H,2-6,8-9,15H2,1H3,(H,19,21). The van der Waals surface area contributed by atoms with E-state index in [9.17, 15) is 4.79 Å². The predicted octanol–water partition coefficient (Wildman–Crippen LogP) is 1.05. The molecule has 0 unspecified atom stereocenters. The Kier molecular flexibility index (Phi) is 3.67. The minimum atomic E-state index is -0.257. The first-order valence-corrected chi connectivity index (χ1v) is 7.52. The van der Waals surface area contributed by atoms with Crippen LogP contribution in [0, 0.1) is 12.3 Å². The zero-order valence-corrected chi connectivity index (χ0v) is 12.4. The van der Waals surface area contributed by atoms with Crippen LogP contribution in [0.1, 0.15) is 37.9 Å². The number of anilines is 1. The van der Waals surface area contributed by atoms with Gasteiger partial charge in [-0.25, -0.2) is 19.3 Å². The normalized spacial score (nSPS) is 18.0. The van der Waals surface area contributed by atoms with Gasteiger partial charge in [0.1, 0.15) is 11.6 Å². The van der Waals surface area contributed by atoms with Gasteiger partial charge in [-0.1, -0.05) is 19.3 Å². The molecule has 0 saturated heterocycles. The van der Waals surface area contributed by atoms with Gasteiger partial charge in [0.2, 0.25) is 0 Å². The van der Waals surface area contributed by atoms with Crippen LogP contribution in [0.4, 0.5) is 5.82 Å². The number of H-pyrrole nitrogens is 1. The molecule has 7 nitrogen and oxygen atoms in total. The minimum Gasteiger partial charge on any atom is -0.369 e. The topological polar surface area (TPSA) is 101 Å². The Morgan fingerprint density at radius 1 is 1.43 bits per heavy atom. The Labute approximate surface area is 123 Å². The third kappa shape index (κ3) is 2.65. The summed E-state index contributed by atoms with van der Waals surface area (Å²) in [4.78, 5) is 16.0. The Bertz CT molecular complexity index is 682. The van der Waals surface area contributed by atoms with Crippen LogP contribution in [0.15, 0.2) is 10.9 Å². The fourth-order valence-corrected chi connectivity index (χ4v) is 3.22. The molecule has 7 heteroatoms. The summed E-state index contributed by atoms with van der Waals surface area (Å²) in [6.45, 7) is 3.32. The van der Waals surface area contributed by atoms with E-state index < -0.39 is 0 Å². The van der Waals surface area contributed by atoms with Gasteiger partial charge in [-0.3, -0.25) is 0 Å². The van der Waals surface area contributed by atoms with E-state index in [1.165, 1.54) is 36.5 Å². The van der Waals surface area contributed by atoms with E-state index in [1.807, 2.05) is 0 Å². The summed E-state index contributed by atoms with van der Waals surface area (Å²) in [7, 11) is 0. The van der Waals surface area contributed by atoms with Crippen molar-refractivity contribution >= 4 is 11.5 Å². The van der Waals surface area contributed by atoms with Crippen LogP contribution in [0.25, 0.3) is 5.65 Å². The van der Waals surface area contributed by atoms with Crippen LogP contribution in [-0.4, -0.2) is 32.7 Å². The maximum absolute atomic E-state index is 11.6. The molecule has 0 radical (unpaired) electrons. The van der Waals surface area contributed by atoms with Gasteiger partial charge in [0.05, 0.1) is 0 Å². The van der Waals surface area contributed by atoms with E-state index in [1.54, 1.807) is 13.0 Å². The van der Waals surface area contributed by atoms with Crippen molar-refractivity contribution in [3.05, 3.63) is 22.4 Å². The van der Waals surface area contributed by atoms with Crippen LogP contribution in [-0.2, 0) is 0 Å². The summed E-state index contributed by atoms with van der Waals surface area (Å²) in [5.74, 6) is 1.37. The Morgan fingerprint density at radius 2 is 2.19 bits per heavy atom. The molecule has 0 atom stereocenters. The smallest absolute Gasteiger partial charge is 0.349 e. The van der Waals surface area contributed by atoms with Crippen LogP contribution in [0.3, 0.4) is 0 Å². The zero-order chi connectivity index (χ0) is 14.9. The highest BCUT2D eigenvalue weighted by Crippen LogP contribution is 2.35. The van der Waals surface area contributed by atoms with Crippen LogP contribution in [0.5, 0.6) is 0 Å². The molecule has 1 saturated carbocycles. The van der Waals surface area contributed by atoms with Crippen molar-refractivity contribution < 1.29 is 0 Å². The monoisotopic (exact) mass is 290 g/mol. The second-order valence-corrected chi connectivity index (χ2v) is 6.03.